The largest absolute Gasteiger partial charge is 0.462 e. The van der Waals surface area contributed by atoms with Crippen LogP contribution >= 0.6 is 0 Å². The molecule has 0 aromatic rings. The van der Waals surface area contributed by atoms with Gasteiger partial charge in [-0.05, 0) is 125 Å². The third-order valence-corrected chi connectivity index (χ3v) is 13.5. The van der Waals surface area contributed by atoms with Crippen molar-refractivity contribution in [3.8, 4) is 0 Å². The third kappa shape index (κ3) is 3.62. The lowest BCUT2D eigenvalue weighted by Gasteiger charge is -2.70. The van der Waals surface area contributed by atoms with E-state index >= 15 is 0 Å². The van der Waals surface area contributed by atoms with Crippen LogP contribution in [0.2, 0.25) is 0 Å². The molecule has 4 nitrogen and oxygen atoms in total. The van der Waals surface area contributed by atoms with Gasteiger partial charge in [0.2, 0.25) is 0 Å². The van der Waals surface area contributed by atoms with Crippen molar-refractivity contribution in [1.82, 2.24) is 0 Å². The molecule has 0 bridgehead atoms. The molecule has 36 heavy (non-hydrogen) atoms. The summed E-state index contributed by atoms with van der Waals surface area (Å²) in [5.74, 6) is 2.49. The lowest BCUT2D eigenvalue weighted by atomic mass is 9.35. The molecular weight excluding hydrogens is 448 g/mol. The fraction of sp³-hybridized carbons (Fsp3) is 0.969. The van der Waals surface area contributed by atoms with E-state index in [0.717, 1.165) is 25.2 Å². The average Bonchev–Trinajstić information content (AvgIpc) is 3.32. The molecule has 0 spiro atoms. The number of hydrogen-bond donors (Lipinski definition) is 1. The molecule has 1 aliphatic heterocycles. The topological polar surface area (TPSA) is 55.8 Å². The monoisotopic (exact) mass is 502 g/mol. The minimum Gasteiger partial charge on any atom is -0.462 e. The van der Waals surface area contributed by atoms with Crippen LogP contribution in [0.1, 0.15) is 127 Å². The summed E-state index contributed by atoms with van der Waals surface area (Å²) in [4.78, 5) is 11.9. The molecule has 1 N–H and O–H groups in total. The minimum absolute atomic E-state index is 0.0211. The van der Waals surface area contributed by atoms with Crippen LogP contribution in [0.5, 0.6) is 0 Å². The summed E-state index contributed by atoms with van der Waals surface area (Å²) >= 11 is 0. The first kappa shape index (κ1) is 27.0. The molecule has 4 heteroatoms. The maximum absolute atomic E-state index is 11.9. The van der Waals surface area contributed by atoms with E-state index in [-0.39, 0.29) is 29.2 Å². The van der Waals surface area contributed by atoms with Gasteiger partial charge in [0.25, 0.3) is 0 Å². The molecule has 1 heterocycles. The molecule has 1 saturated heterocycles. The first-order valence-corrected chi connectivity index (χ1v) is 15.1. The van der Waals surface area contributed by atoms with Crippen molar-refractivity contribution >= 4 is 5.97 Å². The van der Waals surface area contributed by atoms with E-state index in [0.29, 0.717) is 34.0 Å². The van der Waals surface area contributed by atoms with Crippen LogP contribution < -0.4 is 0 Å². The minimum atomic E-state index is -0.770. The van der Waals surface area contributed by atoms with Gasteiger partial charge >= 0.3 is 5.97 Å². The zero-order valence-corrected chi connectivity index (χ0v) is 24.7. The average molecular weight is 503 g/mol. The van der Waals surface area contributed by atoms with Crippen LogP contribution in [0, 0.1) is 45.3 Å². The van der Waals surface area contributed by atoms with Crippen molar-refractivity contribution in [3.63, 3.8) is 0 Å². The smallest absolute Gasteiger partial charge is 0.302 e. The van der Waals surface area contributed by atoms with Gasteiger partial charge in [-0.2, -0.15) is 0 Å². The van der Waals surface area contributed by atoms with Gasteiger partial charge in [-0.3, -0.25) is 4.79 Å². The molecule has 0 aromatic heterocycles. The summed E-state index contributed by atoms with van der Waals surface area (Å²) in [6.45, 7) is 20.4. The molecule has 10 atom stereocenters. The molecule has 0 unspecified atom stereocenters. The standard InChI is InChI=1S/C32H54O4/c1-20(33)35-25-14-16-29(6)23(27(25,2)3)13-18-31(8)24(29)11-10-21-22(12-17-30(21,31)7)32(9)19-15-26(36-32)28(4,5)34/h21-26,34H,10-19H2,1-9H3/t21-,22+,23+,24-,25-,26-,29+,30-,31-,32+/m1/s1. The summed E-state index contributed by atoms with van der Waals surface area (Å²) in [5.41, 5.74) is 0.122. The van der Waals surface area contributed by atoms with Crippen LogP contribution in [0.25, 0.3) is 0 Å². The molecule has 5 aliphatic rings. The highest BCUT2D eigenvalue weighted by molar-refractivity contribution is 5.66. The SMILES string of the molecule is CC(=O)O[C@@H]1CC[C@]2(C)[C@H]3CC[C@@H]4[C@@H]([C@]5(C)CC[C@H](C(C)(C)O)O5)CC[C@@]4(C)[C@]3(C)CC[C@H]2C1(C)C. The molecule has 4 saturated carbocycles. The highest BCUT2D eigenvalue weighted by Gasteiger charge is 2.70. The lowest BCUT2D eigenvalue weighted by molar-refractivity contribution is -0.231. The Morgan fingerprint density at radius 3 is 2.08 bits per heavy atom. The summed E-state index contributed by atoms with van der Waals surface area (Å²) < 4.78 is 12.6. The van der Waals surface area contributed by atoms with Crippen LogP contribution in [0.3, 0.4) is 0 Å². The molecule has 5 rings (SSSR count). The number of rotatable bonds is 3. The van der Waals surface area contributed by atoms with E-state index in [9.17, 15) is 9.90 Å². The first-order valence-electron chi connectivity index (χ1n) is 15.1. The third-order valence-electron chi connectivity index (χ3n) is 13.5. The number of fused-ring (bicyclic) bond motifs is 5. The van der Waals surface area contributed by atoms with Gasteiger partial charge in [-0.15, -0.1) is 0 Å². The van der Waals surface area contributed by atoms with Gasteiger partial charge in [-0.1, -0.05) is 34.6 Å². The van der Waals surface area contributed by atoms with Gasteiger partial charge in [0.05, 0.1) is 17.3 Å². The zero-order chi connectivity index (χ0) is 26.5. The van der Waals surface area contributed by atoms with E-state index in [1.165, 1.54) is 44.9 Å². The van der Waals surface area contributed by atoms with Crippen LogP contribution in [-0.2, 0) is 14.3 Å². The lowest BCUT2D eigenvalue weighted by Crippen LogP contribution is -2.64. The van der Waals surface area contributed by atoms with E-state index in [1.54, 1.807) is 6.92 Å². The Balaban J connectivity index is 1.42. The fourth-order valence-corrected chi connectivity index (χ4v) is 11.5. The normalized spacial score (nSPS) is 52.3. The highest BCUT2D eigenvalue weighted by atomic mass is 16.5. The molecule has 5 fully saturated rings. The Morgan fingerprint density at radius 1 is 0.806 bits per heavy atom. The van der Waals surface area contributed by atoms with Crippen molar-refractivity contribution in [2.45, 2.75) is 150 Å². The van der Waals surface area contributed by atoms with Gasteiger partial charge in [0.1, 0.15) is 6.10 Å². The Kier molecular flexibility index (Phi) is 6.14. The van der Waals surface area contributed by atoms with Crippen LogP contribution in [0.15, 0.2) is 0 Å². The maximum Gasteiger partial charge on any atom is 0.302 e. The molecule has 4 aliphatic carbocycles. The quantitative estimate of drug-likeness (QED) is 0.411. The Labute approximate surface area is 220 Å². The van der Waals surface area contributed by atoms with E-state index in [1.807, 2.05) is 13.8 Å². The second kappa shape index (κ2) is 8.20. The molecule has 0 aromatic carbocycles. The van der Waals surface area contributed by atoms with Crippen molar-refractivity contribution in [2.24, 2.45) is 45.3 Å². The summed E-state index contributed by atoms with van der Waals surface area (Å²) in [6, 6.07) is 0. The zero-order valence-electron chi connectivity index (χ0n) is 24.7. The maximum atomic E-state index is 11.9. The second-order valence-electron chi connectivity index (χ2n) is 15.9. The van der Waals surface area contributed by atoms with Gasteiger partial charge < -0.3 is 14.6 Å². The van der Waals surface area contributed by atoms with Crippen LogP contribution in [0.4, 0.5) is 0 Å². The summed E-state index contributed by atoms with van der Waals surface area (Å²) in [7, 11) is 0. The van der Waals surface area contributed by atoms with Crippen molar-refractivity contribution < 1.29 is 19.4 Å². The summed E-state index contributed by atoms with van der Waals surface area (Å²) in [5, 5.41) is 10.7. The number of ether oxygens (including phenoxy) is 2. The molecule has 206 valence electrons. The number of aliphatic hydroxyl groups is 1. The Morgan fingerprint density at radius 2 is 1.47 bits per heavy atom. The van der Waals surface area contributed by atoms with E-state index in [4.69, 9.17) is 9.47 Å². The van der Waals surface area contributed by atoms with Crippen LogP contribution in [-0.4, -0.2) is 34.5 Å². The second-order valence-corrected chi connectivity index (χ2v) is 15.9. The van der Waals surface area contributed by atoms with E-state index < -0.39 is 5.60 Å². The van der Waals surface area contributed by atoms with Gasteiger partial charge in [0.15, 0.2) is 0 Å². The fourth-order valence-electron chi connectivity index (χ4n) is 11.5. The summed E-state index contributed by atoms with van der Waals surface area (Å²) in [6.07, 6.45) is 11.9. The van der Waals surface area contributed by atoms with Gasteiger partial charge in [-0.25, -0.2) is 0 Å². The van der Waals surface area contributed by atoms with Crippen molar-refractivity contribution in [3.05, 3.63) is 0 Å². The predicted molar refractivity (Wildman–Crippen MR) is 143 cm³/mol. The number of esters is 1. The number of carbonyl (C=O) groups is 1. The van der Waals surface area contributed by atoms with Crippen molar-refractivity contribution in [2.75, 3.05) is 0 Å². The predicted octanol–water partition coefficient (Wildman–Crippen LogP) is 7.31. The van der Waals surface area contributed by atoms with Crippen molar-refractivity contribution in [1.29, 1.82) is 0 Å². The Hall–Kier alpha value is -0.610. The molecule has 0 radical (unpaired) electrons. The molecule has 0 amide bonds. The van der Waals surface area contributed by atoms with Gasteiger partial charge in [0, 0.05) is 12.3 Å². The number of carbonyl (C=O) groups excluding carboxylic acids is 1. The Bertz CT molecular complexity index is 889. The first-order chi connectivity index (χ1) is 16.5. The molecular formula is C32H54O4. The number of hydrogen-bond acceptors (Lipinski definition) is 4. The van der Waals surface area contributed by atoms with E-state index in [2.05, 4.69) is 41.5 Å². The highest BCUT2D eigenvalue weighted by Crippen LogP contribution is 2.76.